The van der Waals surface area contributed by atoms with Crippen molar-refractivity contribution in [2.45, 2.75) is 19.9 Å². The third-order valence-electron chi connectivity index (χ3n) is 2.85. The fraction of sp³-hybridized carbons (Fsp3) is 0.385. The van der Waals surface area contributed by atoms with Crippen LogP contribution in [0.25, 0.3) is 0 Å². The lowest BCUT2D eigenvalue weighted by molar-refractivity contribution is 0.619. The smallest absolute Gasteiger partial charge is 0.269 e. The summed E-state index contributed by atoms with van der Waals surface area (Å²) in [5, 5.41) is 12.1. The first-order valence-corrected chi connectivity index (χ1v) is 6.74. The van der Waals surface area contributed by atoms with Crippen LogP contribution in [0.3, 0.4) is 0 Å². The molecule has 106 valence electrons. The van der Waals surface area contributed by atoms with Crippen LogP contribution >= 0.6 is 11.6 Å². The first kappa shape index (κ1) is 14.5. The van der Waals surface area contributed by atoms with Crippen LogP contribution in [0.2, 0.25) is 5.15 Å². The Balaban J connectivity index is 2.17. The Morgan fingerprint density at radius 1 is 1.35 bits per heavy atom. The molecule has 0 amide bonds. The van der Waals surface area contributed by atoms with E-state index in [4.69, 9.17) is 11.6 Å². The van der Waals surface area contributed by atoms with Crippen LogP contribution in [0.15, 0.2) is 29.2 Å². The Hall–Kier alpha value is -1.95. The lowest BCUT2D eigenvalue weighted by atomic mass is 10.3. The third-order valence-corrected chi connectivity index (χ3v) is 3.06. The largest absolute Gasteiger partial charge is 0.373 e. The number of nitrogens with zero attached hydrogens (tertiary/aromatic N) is 5. The molecule has 0 aliphatic heterocycles. The molecule has 0 aliphatic rings. The van der Waals surface area contributed by atoms with E-state index in [1.165, 1.54) is 4.68 Å². The predicted octanol–water partition coefficient (Wildman–Crippen LogP) is 1.58. The van der Waals surface area contributed by atoms with Gasteiger partial charge in [0.2, 0.25) is 0 Å². The molecule has 0 bridgehead atoms. The molecule has 20 heavy (non-hydrogen) atoms. The van der Waals surface area contributed by atoms with Crippen molar-refractivity contribution in [2.24, 2.45) is 0 Å². The summed E-state index contributed by atoms with van der Waals surface area (Å²) < 4.78 is 1.35. The summed E-state index contributed by atoms with van der Waals surface area (Å²) in [5.74, 6) is 0. The molecule has 0 aromatic carbocycles. The van der Waals surface area contributed by atoms with Crippen molar-refractivity contribution < 1.29 is 0 Å². The number of hydrogen-bond donors (Lipinski definition) is 0. The molecule has 2 aromatic heterocycles. The zero-order valence-corrected chi connectivity index (χ0v) is 12.2. The molecule has 0 aliphatic carbocycles. The van der Waals surface area contributed by atoms with Crippen molar-refractivity contribution in [3.8, 4) is 0 Å². The van der Waals surface area contributed by atoms with E-state index in [1.54, 1.807) is 24.4 Å². The summed E-state index contributed by atoms with van der Waals surface area (Å²) in [5.41, 5.74) is 1.29. The van der Waals surface area contributed by atoms with E-state index in [2.05, 4.69) is 22.2 Å². The standard InChI is InChI=1S/C13H16ClN5O/c1-3-6-18(2)11-7-13(20)19(15-8-11)9-10-4-5-12(14)17-16-10/h4-5,7-8H,3,6,9H2,1-2H3. The Kier molecular flexibility index (Phi) is 4.68. The molecule has 2 heterocycles. The lowest BCUT2D eigenvalue weighted by Gasteiger charge is -2.17. The van der Waals surface area contributed by atoms with Gasteiger partial charge in [-0.15, -0.1) is 5.10 Å². The zero-order valence-electron chi connectivity index (χ0n) is 11.5. The highest BCUT2D eigenvalue weighted by molar-refractivity contribution is 6.29. The topological polar surface area (TPSA) is 63.9 Å². The van der Waals surface area contributed by atoms with Crippen molar-refractivity contribution >= 4 is 17.3 Å². The van der Waals surface area contributed by atoms with Crippen LogP contribution in [-0.2, 0) is 6.54 Å². The molecule has 0 saturated carbocycles. The molecule has 0 saturated heterocycles. The average molecular weight is 294 g/mol. The molecule has 2 rings (SSSR count). The highest BCUT2D eigenvalue weighted by Gasteiger charge is 2.05. The van der Waals surface area contributed by atoms with Crippen molar-refractivity contribution in [1.29, 1.82) is 0 Å². The number of halogens is 1. The molecule has 0 N–H and O–H groups in total. The summed E-state index contributed by atoms with van der Waals surface area (Å²) in [6.45, 7) is 3.25. The van der Waals surface area contributed by atoms with Gasteiger partial charge in [0.05, 0.1) is 24.1 Å². The second-order valence-electron chi connectivity index (χ2n) is 4.48. The minimum Gasteiger partial charge on any atom is -0.373 e. The Morgan fingerprint density at radius 3 is 2.75 bits per heavy atom. The van der Waals surface area contributed by atoms with Crippen molar-refractivity contribution in [1.82, 2.24) is 20.0 Å². The predicted molar refractivity (Wildman–Crippen MR) is 78.2 cm³/mol. The fourth-order valence-corrected chi connectivity index (χ4v) is 1.90. The number of rotatable bonds is 5. The van der Waals surface area contributed by atoms with Gasteiger partial charge in [0.25, 0.3) is 5.56 Å². The summed E-state index contributed by atoms with van der Waals surface area (Å²) in [6.07, 6.45) is 2.69. The first-order chi connectivity index (χ1) is 9.60. The number of aromatic nitrogens is 4. The monoisotopic (exact) mass is 293 g/mol. The van der Waals surface area contributed by atoms with Crippen molar-refractivity contribution in [3.63, 3.8) is 0 Å². The van der Waals surface area contributed by atoms with Gasteiger partial charge in [0.1, 0.15) is 0 Å². The molecule has 7 heteroatoms. The van der Waals surface area contributed by atoms with Crippen LogP contribution in [-0.4, -0.2) is 33.6 Å². The number of hydrogen-bond acceptors (Lipinski definition) is 5. The third kappa shape index (κ3) is 3.54. The maximum Gasteiger partial charge on any atom is 0.269 e. The van der Waals surface area contributed by atoms with Crippen LogP contribution in [0.1, 0.15) is 19.0 Å². The number of anilines is 1. The second-order valence-corrected chi connectivity index (χ2v) is 4.87. The van der Waals surface area contributed by atoms with E-state index < -0.39 is 0 Å². The zero-order chi connectivity index (χ0) is 14.5. The SMILES string of the molecule is CCCN(C)c1cnn(Cc2ccc(Cl)nn2)c(=O)c1. The van der Waals surface area contributed by atoms with Gasteiger partial charge in [-0.1, -0.05) is 18.5 Å². The molecule has 0 unspecified atom stereocenters. The maximum atomic E-state index is 12.0. The molecule has 0 atom stereocenters. The van der Waals surface area contributed by atoms with Crippen molar-refractivity contribution in [3.05, 3.63) is 45.6 Å². The van der Waals surface area contributed by atoms with E-state index in [9.17, 15) is 4.79 Å². The highest BCUT2D eigenvalue weighted by atomic mass is 35.5. The van der Waals surface area contributed by atoms with Gasteiger partial charge >= 0.3 is 0 Å². The quantitative estimate of drug-likeness (QED) is 0.837. The normalized spacial score (nSPS) is 10.6. The molecule has 0 fully saturated rings. The fourth-order valence-electron chi connectivity index (χ4n) is 1.80. The first-order valence-electron chi connectivity index (χ1n) is 6.36. The van der Waals surface area contributed by atoms with Gasteiger partial charge in [-0.05, 0) is 18.6 Å². The molecule has 6 nitrogen and oxygen atoms in total. The average Bonchev–Trinajstić information content (AvgIpc) is 2.43. The Labute approximate surface area is 122 Å². The molecular weight excluding hydrogens is 278 g/mol. The molecular formula is C13H16ClN5O. The van der Waals surface area contributed by atoms with E-state index in [-0.39, 0.29) is 12.1 Å². The molecule has 2 aromatic rings. The van der Waals surface area contributed by atoms with E-state index >= 15 is 0 Å². The summed E-state index contributed by atoms with van der Waals surface area (Å²) in [7, 11) is 1.94. The van der Waals surface area contributed by atoms with Crippen LogP contribution in [0.4, 0.5) is 5.69 Å². The maximum absolute atomic E-state index is 12.0. The Bertz CT molecular complexity index is 625. The molecule has 0 radical (unpaired) electrons. The molecule has 0 spiro atoms. The van der Waals surface area contributed by atoms with Gasteiger partial charge in [-0.25, -0.2) is 4.68 Å². The van der Waals surface area contributed by atoms with Gasteiger partial charge < -0.3 is 4.90 Å². The second kappa shape index (κ2) is 6.47. The van der Waals surface area contributed by atoms with E-state index in [0.29, 0.717) is 10.8 Å². The van der Waals surface area contributed by atoms with Crippen LogP contribution in [0, 0.1) is 0 Å². The van der Waals surface area contributed by atoms with Gasteiger partial charge in [0.15, 0.2) is 5.15 Å². The minimum atomic E-state index is -0.165. The van der Waals surface area contributed by atoms with Crippen LogP contribution in [0.5, 0.6) is 0 Å². The van der Waals surface area contributed by atoms with Gasteiger partial charge in [-0.3, -0.25) is 4.79 Å². The lowest BCUT2D eigenvalue weighted by Crippen LogP contribution is -2.26. The van der Waals surface area contributed by atoms with Crippen molar-refractivity contribution in [2.75, 3.05) is 18.5 Å². The summed E-state index contributed by atoms with van der Waals surface area (Å²) >= 11 is 5.67. The van der Waals surface area contributed by atoms with Gasteiger partial charge in [0, 0.05) is 19.7 Å². The van der Waals surface area contributed by atoms with E-state index in [1.807, 2.05) is 11.9 Å². The Morgan fingerprint density at radius 2 is 2.15 bits per heavy atom. The minimum absolute atomic E-state index is 0.165. The highest BCUT2D eigenvalue weighted by Crippen LogP contribution is 2.08. The van der Waals surface area contributed by atoms with Gasteiger partial charge in [-0.2, -0.15) is 10.2 Å². The van der Waals surface area contributed by atoms with E-state index in [0.717, 1.165) is 18.7 Å². The summed E-state index contributed by atoms with van der Waals surface area (Å²) in [4.78, 5) is 14.0. The summed E-state index contributed by atoms with van der Waals surface area (Å²) in [6, 6.07) is 4.94. The van der Waals surface area contributed by atoms with Crippen LogP contribution < -0.4 is 10.5 Å².